The molecule has 0 aliphatic carbocycles. The standard InChI is InChI=1S/C14H18N4O3/c15-13-14(17-11-19)16-10-18(13)21-8-4-7-20-9-12-5-2-1-3-6-12/h1-3,5-6,10-11H,4,7-9,15H2,(H,17,19). The molecular formula is C14H18N4O3. The van der Waals surface area contributed by atoms with Gasteiger partial charge in [-0.15, -0.1) is 0 Å². The normalized spacial score (nSPS) is 10.3. The smallest absolute Gasteiger partial charge is 0.212 e. The number of rotatable bonds is 9. The maximum absolute atomic E-state index is 10.3. The molecule has 0 unspecified atom stereocenters. The number of nitrogen functional groups attached to an aromatic ring is 1. The third kappa shape index (κ3) is 4.50. The maximum Gasteiger partial charge on any atom is 0.212 e. The minimum Gasteiger partial charge on any atom is -0.411 e. The van der Waals surface area contributed by atoms with Gasteiger partial charge in [0.15, 0.2) is 11.6 Å². The predicted molar refractivity (Wildman–Crippen MR) is 78.5 cm³/mol. The summed E-state index contributed by atoms with van der Waals surface area (Å²) in [6.45, 7) is 1.61. The minimum atomic E-state index is 0.257. The molecule has 1 aromatic heterocycles. The summed E-state index contributed by atoms with van der Waals surface area (Å²) in [6, 6.07) is 9.97. The summed E-state index contributed by atoms with van der Waals surface area (Å²) < 4.78 is 6.86. The first-order valence-electron chi connectivity index (χ1n) is 6.59. The minimum absolute atomic E-state index is 0.257. The molecule has 1 amide bonds. The number of ether oxygens (including phenoxy) is 1. The molecule has 21 heavy (non-hydrogen) atoms. The summed E-state index contributed by atoms with van der Waals surface area (Å²) in [5.41, 5.74) is 6.87. The molecule has 0 bridgehead atoms. The van der Waals surface area contributed by atoms with Gasteiger partial charge in [-0.1, -0.05) is 30.3 Å². The highest BCUT2D eigenvalue weighted by molar-refractivity contribution is 5.74. The molecule has 1 heterocycles. The summed E-state index contributed by atoms with van der Waals surface area (Å²) in [5.74, 6) is 0.539. The molecule has 2 rings (SSSR count). The highest BCUT2D eigenvalue weighted by Crippen LogP contribution is 2.13. The van der Waals surface area contributed by atoms with E-state index < -0.39 is 0 Å². The number of carbonyl (C=O) groups excluding carboxylic acids is 1. The topological polar surface area (TPSA) is 91.4 Å². The number of nitrogens with zero attached hydrogens (tertiary/aromatic N) is 2. The van der Waals surface area contributed by atoms with E-state index in [2.05, 4.69) is 10.3 Å². The lowest BCUT2D eigenvalue weighted by atomic mass is 10.2. The van der Waals surface area contributed by atoms with Crippen LogP contribution in [0.5, 0.6) is 0 Å². The Labute approximate surface area is 122 Å². The number of aromatic nitrogens is 2. The molecule has 7 heteroatoms. The van der Waals surface area contributed by atoms with Crippen LogP contribution in [-0.2, 0) is 16.1 Å². The molecule has 0 spiro atoms. The first-order chi connectivity index (χ1) is 10.3. The number of imidazole rings is 1. The molecule has 3 N–H and O–H groups in total. The van der Waals surface area contributed by atoms with E-state index in [0.717, 1.165) is 12.0 Å². The van der Waals surface area contributed by atoms with Gasteiger partial charge in [-0.3, -0.25) is 4.79 Å². The fourth-order valence-electron chi connectivity index (χ4n) is 1.70. The van der Waals surface area contributed by atoms with Crippen molar-refractivity contribution >= 4 is 18.0 Å². The monoisotopic (exact) mass is 290 g/mol. The second-order valence-electron chi connectivity index (χ2n) is 4.29. The van der Waals surface area contributed by atoms with E-state index in [1.54, 1.807) is 0 Å². The molecular weight excluding hydrogens is 272 g/mol. The van der Waals surface area contributed by atoms with Crippen LogP contribution in [0.3, 0.4) is 0 Å². The third-order valence-corrected chi connectivity index (χ3v) is 2.74. The van der Waals surface area contributed by atoms with E-state index in [-0.39, 0.29) is 11.6 Å². The summed E-state index contributed by atoms with van der Waals surface area (Å²) in [6.07, 6.45) is 2.65. The highest BCUT2D eigenvalue weighted by Gasteiger charge is 2.06. The van der Waals surface area contributed by atoms with Crippen LogP contribution in [0.25, 0.3) is 0 Å². The fraction of sp³-hybridized carbons (Fsp3) is 0.286. The molecule has 0 fully saturated rings. The lowest BCUT2D eigenvalue weighted by Gasteiger charge is -2.08. The van der Waals surface area contributed by atoms with Crippen molar-refractivity contribution in [1.29, 1.82) is 0 Å². The van der Waals surface area contributed by atoms with Crippen LogP contribution in [0.4, 0.5) is 11.6 Å². The number of nitrogens with two attached hydrogens (primary N) is 1. The van der Waals surface area contributed by atoms with Gasteiger partial charge >= 0.3 is 0 Å². The van der Waals surface area contributed by atoms with Gasteiger partial charge in [0.2, 0.25) is 6.41 Å². The highest BCUT2D eigenvalue weighted by atomic mass is 16.7. The third-order valence-electron chi connectivity index (χ3n) is 2.74. The van der Waals surface area contributed by atoms with Crippen LogP contribution in [0.2, 0.25) is 0 Å². The molecule has 0 saturated carbocycles. The number of hydrogen-bond donors (Lipinski definition) is 2. The molecule has 0 radical (unpaired) electrons. The van der Waals surface area contributed by atoms with E-state index in [1.807, 2.05) is 30.3 Å². The van der Waals surface area contributed by atoms with Gasteiger partial charge in [0.25, 0.3) is 0 Å². The van der Waals surface area contributed by atoms with Crippen molar-refractivity contribution in [3.8, 4) is 0 Å². The summed E-state index contributed by atoms with van der Waals surface area (Å²) in [7, 11) is 0. The molecule has 0 aliphatic rings. The number of benzene rings is 1. The molecule has 112 valence electrons. The van der Waals surface area contributed by atoms with Crippen molar-refractivity contribution in [2.24, 2.45) is 0 Å². The van der Waals surface area contributed by atoms with Gasteiger partial charge in [0.05, 0.1) is 13.2 Å². The zero-order valence-electron chi connectivity index (χ0n) is 11.6. The van der Waals surface area contributed by atoms with Gasteiger partial charge in [0.1, 0.15) is 12.9 Å². The summed E-state index contributed by atoms with van der Waals surface area (Å²) >= 11 is 0. The lowest BCUT2D eigenvalue weighted by molar-refractivity contribution is -0.105. The SMILES string of the molecule is Nc1c(NC=O)ncn1OCCCOCc1ccccc1. The van der Waals surface area contributed by atoms with Crippen LogP contribution in [0, 0.1) is 0 Å². The van der Waals surface area contributed by atoms with Crippen molar-refractivity contribution in [2.75, 3.05) is 24.3 Å². The second-order valence-corrected chi connectivity index (χ2v) is 4.29. The van der Waals surface area contributed by atoms with E-state index in [4.69, 9.17) is 15.3 Å². The molecule has 1 aromatic carbocycles. The Morgan fingerprint density at radius 2 is 2.10 bits per heavy atom. The van der Waals surface area contributed by atoms with E-state index in [1.165, 1.54) is 11.1 Å². The molecule has 0 atom stereocenters. The van der Waals surface area contributed by atoms with Crippen molar-refractivity contribution in [3.63, 3.8) is 0 Å². The van der Waals surface area contributed by atoms with Crippen LogP contribution in [0.15, 0.2) is 36.7 Å². The van der Waals surface area contributed by atoms with Crippen LogP contribution < -0.4 is 15.9 Å². The van der Waals surface area contributed by atoms with E-state index in [9.17, 15) is 4.79 Å². The zero-order valence-corrected chi connectivity index (χ0v) is 11.6. The quantitative estimate of drug-likeness (QED) is 0.532. The number of carbonyl (C=O) groups is 1. The Bertz CT molecular complexity index is 557. The van der Waals surface area contributed by atoms with Gasteiger partial charge < -0.3 is 20.6 Å². The Morgan fingerprint density at radius 3 is 2.86 bits per heavy atom. The molecule has 2 aromatic rings. The molecule has 7 nitrogen and oxygen atoms in total. The Balaban J connectivity index is 1.62. The van der Waals surface area contributed by atoms with Crippen LogP contribution >= 0.6 is 0 Å². The molecule has 0 aliphatic heterocycles. The van der Waals surface area contributed by atoms with Crippen LogP contribution in [-0.4, -0.2) is 29.3 Å². The predicted octanol–water partition coefficient (Wildman–Crippen LogP) is 1.07. The maximum atomic E-state index is 10.3. The van der Waals surface area contributed by atoms with Gasteiger partial charge in [-0.05, 0) is 5.56 Å². The summed E-state index contributed by atoms with van der Waals surface area (Å²) in [4.78, 5) is 19.6. The number of anilines is 2. The Kier molecular flexibility index (Phi) is 5.60. The van der Waals surface area contributed by atoms with Crippen molar-refractivity contribution in [3.05, 3.63) is 42.2 Å². The van der Waals surface area contributed by atoms with Crippen LogP contribution in [0.1, 0.15) is 12.0 Å². The average molecular weight is 290 g/mol. The Hall–Kier alpha value is -2.54. The van der Waals surface area contributed by atoms with Crippen molar-refractivity contribution in [2.45, 2.75) is 13.0 Å². The average Bonchev–Trinajstić information content (AvgIpc) is 2.85. The van der Waals surface area contributed by atoms with Gasteiger partial charge in [0, 0.05) is 6.42 Å². The summed E-state index contributed by atoms with van der Waals surface area (Å²) in [5, 5.41) is 2.38. The van der Waals surface area contributed by atoms with Gasteiger partial charge in [-0.25, -0.2) is 4.98 Å². The van der Waals surface area contributed by atoms with Crippen molar-refractivity contribution < 1.29 is 14.4 Å². The largest absolute Gasteiger partial charge is 0.411 e. The number of nitrogens with one attached hydrogen (secondary N) is 1. The number of amides is 1. The second kappa shape index (κ2) is 7.91. The lowest BCUT2D eigenvalue weighted by Crippen LogP contribution is -2.16. The zero-order chi connectivity index (χ0) is 14.9. The Morgan fingerprint density at radius 1 is 1.29 bits per heavy atom. The fourth-order valence-corrected chi connectivity index (χ4v) is 1.70. The first kappa shape index (κ1) is 14.9. The van der Waals surface area contributed by atoms with E-state index >= 15 is 0 Å². The van der Waals surface area contributed by atoms with E-state index in [0.29, 0.717) is 26.2 Å². The molecule has 0 saturated heterocycles. The van der Waals surface area contributed by atoms with Crippen molar-refractivity contribution in [1.82, 2.24) is 9.71 Å². The number of hydrogen-bond acceptors (Lipinski definition) is 5. The first-order valence-corrected chi connectivity index (χ1v) is 6.59. The van der Waals surface area contributed by atoms with Gasteiger partial charge in [-0.2, -0.15) is 4.73 Å².